The zero-order valence-corrected chi connectivity index (χ0v) is 12.1. The summed E-state index contributed by atoms with van der Waals surface area (Å²) in [6.07, 6.45) is 2.17. The lowest BCUT2D eigenvalue weighted by Crippen LogP contribution is -2.37. The Morgan fingerprint density at radius 2 is 2.20 bits per heavy atom. The van der Waals surface area contributed by atoms with Crippen LogP contribution >= 0.6 is 0 Å². The molecule has 1 atom stereocenters. The molecular weight excluding hydrogens is 258 g/mol. The molecular formula is C13H21N5O2. The Morgan fingerprint density at radius 1 is 1.55 bits per heavy atom. The Kier molecular flexibility index (Phi) is 3.96. The van der Waals surface area contributed by atoms with Crippen LogP contribution < -0.4 is 11.1 Å². The Hall–Kier alpha value is -2.05. The molecule has 4 N–H and O–H groups in total. The van der Waals surface area contributed by atoms with E-state index >= 15 is 0 Å². The van der Waals surface area contributed by atoms with E-state index < -0.39 is 0 Å². The van der Waals surface area contributed by atoms with Gasteiger partial charge in [-0.05, 0) is 12.8 Å². The van der Waals surface area contributed by atoms with E-state index in [0.29, 0.717) is 18.2 Å². The molecule has 110 valence electrons. The molecule has 1 aromatic heterocycles. The number of nitrogen functional groups attached to an aromatic ring is 1. The summed E-state index contributed by atoms with van der Waals surface area (Å²) in [6.45, 7) is 2.09. The van der Waals surface area contributed by atoms with Gasteiger partial charge in [0.1, 0.15) is 0 Å². The maximum absolute atomic E-state index is 12.3. The number of rotatable bonds is 5. The Morgan fingerprint density at radius 3 is 2.75 bits per heavy atom. The Bertz CT molecular complexity index is 521. The van der Waals surface area contributed by atoms with Crippen molar-refractivity contribution in [2.24, 2.45) is 5.92 Å². The molecule has 0 aromatic carbocycles. The summed E-state index contributed by atoms with van der Waals surface area (Å²) in [5.41, 5.74) is 7.53. The highest BCUT2D eigenvalue weighted by molar-refractivity contribution is 5.97. The van der Waals surface area contributed by atoms with Crippen LogP contribution in [0.2, 0.25) is 0 Å². The average molecular weight is 279 g/mol. The Balaban J connectivity index is 2.05. The molecule has 2 rings (SSSR count). The lowest BCUT2D eigenvalue weighted by Gasteiger charge is -2.20. The molecule has 1 heterocycles. The molecule has 1 aliphatic rings. The number of aromatic amines is 1. The van der Waals surface area contributed by atoms with Gasteiger partial charge in [0.25, 0.3) is 5.91 Å². The molecule has 1 unspecified atom stereocenters. The molecule has 0 saturated heterocycles. The van der Waals surface area contributed by atoms with Gasteiger partial charge in [-0.3, -0.25) is 14.7 Å². The predicted octanol–water partition coefficient (Wildman–Crippen LogP) is 0.323. The topological polar surface area (TPSA) is 104 Å². The average Bonchev–Trinajstić information content (AvgIpc) is 3.20. The van der Waals surface area contributed by atoms with Gasteiger partial charge >= 0.3 is 0 Å². The van der Waals surface area contributed by atoms with E-state index in [-0.39, 0.29) is 23.4 Å². The Labute approximate surface area is 117 Å². The molecule has 1 saturated carbocycles. The lowest BCUT2D eigenvalue weighted by atomic mass is 10.1. The van der Waals surface area contributed by atoms with Gasteiger partial charge in [0.2, 0.25) is 5.91 Å². The fourth-order valence-corrected chi connectivity index (χ4v) is 2.21. The van der Waals surface area contributed by atoms with Gasteiger partial charge in [-0.2, -0.15) is 5.10 Å². The standard InChI is InChI=1S/C13H21N5O2/c1-7(12(19)15-2)6-18(3)13(20)11-9(14)10(16-17-11)8-4-5-8/h7-8H,4-6,14H2,1-3H3,(H,15,19)(H,16,17). The smallest absolute Gasteiger partial charge is 0.276 e. The summed E-state index contributed by atoms with van der Waals surface area (Å²) in [6, 6.07) is 0. The van der Waals surface area contributed by atoms with Crippen LogP contribution in [0.5, 0.6) is 0 Å². The second-order valence-electron chi connectivity index (χ2n) is 5.37. The molecule has 7 heteroatoms. The third kappa shape index (κ3) is 2.76. The van der Waals surface area contributed by atoms with Crippen molar-refractivity contribution in [1.29, 1.82) is 0 Å². The van der Waals surface area contributed by atoms with Crippen molar-refractivity contribution in [3.05, 3.63) is 11.4 Å². The van der Waals surface area contributed by atoms with E-state index in [2.05, 4.69) is 15.5 Å². The third-order valence-electron chi connectivity index (χ3n) is 3.61. The van der Waals surface area contributed by atoms with Crippen molar-refractivity contribution < 1.29 is 9.59 Å². The predicted molar refractivity (Wildman–Crippen MR) is 75.2 cm³/mol. The van der Waals surface area contributed by atoms with Gasteiger partial charge in [-0.1, -0.05) is 6.92 Å². The highest BCUT2D eigenvalue weighted by atomic mass is 16.2. The number of hydrogen-bond acceptors (Lipinski definition) is 4. The number of nitrogens with zero attached hydrogens (tertiary/aromatic N) is 2. The summed E-state index contributed by atoms with van der Waals surface area (Å²) < 4.78 is 0. The van der Waals surface area contributed by atoms with Gasteiger partial charge in [-0.15, -0.1) is 0 Å². The van der Waals surface area contributed by atoms with E-state index in [1.165, 1.54) is 4.90 Å². The molecule has 0 spiro atoms. The lowest BCUT2D eigenvalue weighted by molar-refractivity contribution is -0.124. The second-order valence-corrected chi connectivity index (χ2v) is 5.37. The van der Waals surface area contributed by atoms with Gasteiger partial charge in [0, 0.05) is 26.6 Å². The molecule has 1 fully saturated rings. The van der Waals surface area contributed by atoms with Crippen LogP contribution in [0.15, 0.2) is 0 Å². The van der Waals surface area contributed by atoms with Crippen molar-refractivity contribution >= 4 is 17.5 Å². The number of aromatic nitrogens is 2. The van der Waals surface area contributed by atoms with Crippen molar-refractivity contribution in [2.45, 2.75) is 25.7 Å². The zero-order valence-electron chi connectivity index (χ0n) is 12.1. The highest BCUT2D eigenvalue weighted by Gasteiger charge is 2.31. The van der Waals surface area contributed by atoms with Crippen LogP contribution in [0.25, 0.3) is 0 Å². The number of carbonyl (C=O) groups is 2. The monoisotopic (exact) mass is 279 g/mol. The quantitative estimate of drug-likeness (QED) is 0.722. The minimum Gasteiger partial charge on any atom is -0.395 e. The second kappa shape index (κ2) is 5.52. The first-order valence-electron chi connectivity index (χ1n) is 6.76. The first-order chi connectivity index (χ1) is 9.45. The van der Waals surface area contributed by atoms with Crippen LogP contribution in [0.4, 0.5) is 5.69 Å². The van der Waals surface area contributed by atoms with Crippen molar-refractivity contribution in [3.8, 4) is 0 Å². The van der Waals surface area contributed by atoms with Crippen LogP contribution in [-0.4, -0.2) is 47.6 Å². The highest BCUT2D eigenvalue weighted by Crippen LogP contribution is 2.42. The van der Waals surface area contributed by atoms with Crippen LogP contribution in [0.1, 0.15) is 41.9 Å². The van der Waals surface area contributed by atoms with Crippen molar-refractivity contribution in [3.63, 3.8) is 0 Å². The fourth-order valence-electron chi connectivity index (χ4n) is 2.21. The van der Waals surface area contributed by atoms with E-state index in [0.717, 1.165) is 18.5 Å². The zero-order chi connectivity index (χ0) is 14.9. The molecule has 0 radical (unpaired) electrons. The maximum atomic E-state index is 12.3. The molecule has 0 aliphatic heterocycles. The largest absolute Gasteiger partial charge is 0.395 e. The number of amides is 2. The van der Waals surface area contributed by atoms with E-state index in [1.807, 2.05) is 0 Å². The van der Waals surface area contributed by atoms with E-state index in [9.17, 15) is 9.59 Å². The number of nitrogens with one attached hydrogen (secondary N) is 2. The summed E-state index contributed by atoms with van der Waals surface area (Å²) in [4.78, 5) is 25.3. The number of nitrogens with two attached hydrogens (primary N) is 1. The van der Waals surface area contributed by atoms with Gasteiger partial charge in [-0.25, -0.2) is 0 Å². The summed E-state index contributed by atoms with van der Waals surface area (Å²) in [5, 5.41) is 9.45. The minimum absolute atomic E-state index is 0.0988. The van der Waals surface area contributed by atoms with Crippen LogP contribution in [-0.2, 0) is 4.79 Å². The SMILES string of the molecule is CNC(=O)C(C)CN(C)C(=O)c1n[nH]c(C2CC2)c1N. The van der Waals surface area contributed by atoms with Gasteiger partial charge in [0.05, 0.1) is 17.3 Å². The third-order valence-corrected chi connectivity index (χ3v) is 3.61. The number of carbonyl (C=O) groups excluding carboxylic acids is 2. The summed E-state index contributed by atoms with van der Waals surface area (Å²) in [5.74, 6) is -0.226. The maximum Gasteiger partial charge on any atom is 0.276 e. The first kappa shape index (κ1) is 14.4. The van der Waals surface area contributed by atoms with E-state index in [1.54, 1.807) is 21.0 Å². The summed E-state index contributed by atoms with van der Waals surface area (Å²) >= 11 is 0. The minimum atomic E-state index is -0.281. The molecule has 7 nitrogen and oxygen atoms in total. The van der Waals surface area contributed by atoms with E-state index in [4.69, 9.17) is 5.73 Å². The van der Waals surface area contributed by atoms with Gasteiger partial charge < -0.3 is 16.0 Å². The molecule has 2 amide bonds. The molecule has 1 aromatic rings. The van der Waals surface area contributed by atoms with Crippen molar-refractivity contribution in [2.75, 3.05) is 26.4 Å². The number of anilines is 1. The van der Waals surface area contributed by atoms with Crippen LogP contribution in [0, 0.1) is 5.92 Å². The van der Waals surface area contributed by atoms with Gasteiger partial charge in [0.15, 0.2) is 5.69 Å². The normalized spacial score (nSPS) is 15.8. The fraction of sp³-hybridized carbons (Fsp3) is 0.615. The van der Waals surface area contributed by atoms with Crippen molar-refractivity contribution in [1.82, 2.24) is 20.4 Å². The molecule has 0 bridgehead atoms. The molecule has 20 heavy (non-hydrogen) atoms. The number of H-pyrrole nitrogens is 1. The number of hydrogen-bond donors (Lipinski definition) is 3. The first-order valence-corrected chi connectivity index (χ1v) is 6.76. The molecule has 1 aliphatic carbocycles. The summed E-state index contributed by atoms with van der Waals surface area (Å²) in [7, 11) is 3.22. The van der Waals surface area contributed by atoms with Crippen LogP contribution in [0.3, 0.4) is 0 Å².